The van der Waals surface area contributed by atoms with Gasteiger partial charge in [0, 0.05) is 12.1 Å². The third kappa shape index (κ3) is 3.39. The molecule has 1 unspecified atom stereocenters. The molecule has 0 bridgehead atoms. The second kappa shape index (κ2) is 7.60. The highest BCUT2D eigenvalue weighted by Crippen LogP contribution is 2.40. The molecule has 7 heteroatoms. The molecule has 1 atom stereocenters. The first-order valence-corrected chi connectivity index (χ1v) is 9.37. The van der Waals surface area contributed by atoms with Crippen LogP contribution >= 0.6 is 15.9 Å². The minimum Gasteiger partial charge on any atom is -0.507 e. The zero-order valence-electron chi connectivity index (χ0n) is 15.3. The number of furan rings is 1. The van der Waals surface area contributed by atoms with Gasteiger partial charge in [-0.3, -0.25) is 9.59 Å². The van der Waals surface area contributed by atoms with E-state index >= 15 is 0 Å². The summed E-state index contributed by atoms with van der Waals surface area (Å²) in [6.07, 6.45) is 0.678. The molecule has 1 saturated heterocycles. The van der Waals surface area contributed by atoms with Crippen molar-refractivity contribution >= 4 is 33.4 Å². The van der Waals surface area contributed by atoms with E-state index in [0.29, 0.717) is 40.3 Å². The zero-order valence-corrected chi connectivity index (χ0v) is 16.9. The number of methoxy groups -OCH3 is 1. The molecule has 0 saturated carbocycles. The molecule has 1 amide bonds. The van der Waals surface area contributed by atoms with Crippen LogP contribution in [0.15, 0.2) is 44.8 Å². The number of carbonyl (C=O) groups excluding carboxylic acids is 2. The topological polar surface area (TPSA) is 80.0 Å². The van der Waals surface area contributed by atoms with Gasteiger partial charge in [0.05, 0.1) is 17.2 Å². The predicted molar refractivity (Wildman–Crippen MR) is 103 cm³/mol. The molecule has 2 heterocycles. The standard InChI is InChI=1S/C20H20BrNO5/c1-4-9-22-17(15-7-5-11(2)27-15)16(19(24)20(22)25)18(23)12-6-8-14(26-3)13(21)10-12/h5-8,10,17,23H,4,9H2,1-3H3/b18-16-. The molecule has 1 aliphatic heterocycles. The molecule has 1 aliphatic rings. The van der Waals surface area contributed by atoms with Crippen molar-refractivity contribution in [3.63, 3.8) is 0 Å². The number of halogens is 1. The van der Waals surface area contributed by atoms with E-state index in [2.05, 4.69) is 15.9 Å². The van der Waals surface area contributed by atoms with Gasteiger partial charge in [-0.2, -0.15) is 0 Å². The van der Waals surface area contributed by atoms with Gasteiger partial charge in [0.2, 0.25) is 0 Å². The van der Waals surface area contributed by atoms with Crippen molar-refractivity contribution in [2.24, 2.45) is 0 Å². The van der Waals surface area contributed by atoms with Gasteiger partial charge in [0.15, 0.2) is 0 Å². The summed E-state index contributed by atoms with van der Waals surface area (Å²) in [6.45, 7) is 4.10. The molecular weight excluding hydrogens is 414 g/mol. The number of aliphatic hydroxyl groups excluding tert-OH is 1. The molecule has 1 aromatic carbocycles. The summed E-state index contributed by atoms with van der Waals surface area (Å²) in [6, 6.07) is 7.70. The fourth-order valence-electron chi connectivity index (χ4n) is 3.22. The SMILES string of the molecule is CCCN1C(=O)C(=O)/C(=C(\O)c2ccc(OC)c(Br)c2)C1c1ccc(C)o1. The summed E-state index contributed by atoms with van der Waals surface area (Å²) in [5.41, 5.74) is 0.435. The van der Waals surface area contributed by atoms with Crippen LogP contribution in [0.1, 0.15) is 36.5 Å². The van der Waals surface area contributed by atoms with Crippen molar-refractivity contribution in [2.75, 3.05) is 13.7 Å². The van der Waals surface area contributed by atoms with Crippen LogP contribution in [0.4, 0.5) is 0 Å². The fraction of sp³-hybridized carbons (Fsp3) is 0.300. The molecule has 2 aromatic rings. The Labute approximate surface area is 165 Å². The molecule has 27 heavy (non-hydrogen) atoms. The Morgan fingerprint density at radius 3 is 2.59 bits per heavy atom. The van der Waals surface area contributed by atoms with Gasteiger partial charge in [0.25, 0.3) is 11.7 Å². The third-order valence-corrected chi connectivity index (χ3v) is 5.08. The van der Waals surface area contributed by atoms with E-state index in [0.717, 1.165) is 0 Å². The normalized spacial score (nSPS) is 19.0. The first-order chi connectivity index (χ1) is 12.9. The molecule has 0 spiro atoms. The summed E-state index contributed by atoms with van der Waals surface area (Å²) in [4.78, 5) is 26.7. The van der Waals surface area contributed by atoms with E-state index in [1.807, 2.05) is 6.92 Å². The molecule has 1 N–H and O–H groups in total. The summed E-state index contributed by atoms with van der Waals surface area (Å²) in [5, 5.41) is 10.9. The van der Waals surface area contributed by atoms with E-state index in [9.17, 15) is 14.7 Å². The lowest BCUT2D eigenvalue weighted by atomic mass is 9.99. The Bertz CT molecular complexity index is 930. The van der Waals surface area contributed by atoms with E-state index in [-0.39, 0.29) is 11.3 Å². The smallest absolute Gasteiger partial charge is 0.295 e. The molecular formula is C20H20BrNO5. The number of ether oxygens (including phenoxy) is 1. The van der Waals surface area contributed by atoms with Crippen molar-refractivity contribution in [3.05, 3.63) is 57.5 Å². The first-order valence-electron chi connectivity index (χ1n) is 8.57. The van der Waals surface area contributed by atoms with Gasteiger partial charge in [0.1, 0.15) is 29.1 Å². The van der Waals surface area contributed by atoms with E-state index in [1.54, 1.807) is 37.3 Å². The number of amides is 1. The largest absolute Gasteiger partial charge is 0.507 e. The van der Waals surface area contributed by atoms with E-state index < -0.39 is 17.7 Å². The number of Topliss-reactive ketones (excluding diaryl/α,β-unsaturated/α-hetero) is 1. The van der Waals surface area contributed by atoms with Crippen LogP contribution in [-0.4, -0.2) is 35.4 Å². The van der Waals surface area contributed by atoms with Crippen LogP contribution < -0.4 is 4.74 Å². The summed E-state index contributed by atoms with van der Waals surface area (Å²) in [5.74, 6) is 0.121. The zero-order chi connectivity index (χ0) is 19.7. The number of rotatable bonds is 5. The van der Waals surface area contributed by atoms with E-state index in [4.69, 9.17) is 9.15 Å². The Morgan fingerprint density at radius 1 is 1.30 bits per heavy atom. The Hall–Kier alpha value is -2.54. The third-order valence-electron chi connectivity index (χ3n) is 4.46. The van der Waals surface area contributed by atoms with Crippen LogP contribution in [0, 0.1) is 6.92 Å². The number of aliphatic hydroxyl groups is 1. The molecule has 0 radical (unpaired) electrons. The lowest BCUT2D eigenvalue weighted by molar-refractivity contribution is -0.140. The minimum absolute atomic E-state index is 0.0277. The average molecular weight is 434 g/mol. The van der Waals surface area contributed by atoms with Crippen LogP contribution in [0.3, 0.4) is 0 Å². The summed E-state index contributed by atoms with van der Waals surface area (Å²) >= 11 is 3.37. The first kappa shape index (κ1) is 19.2. The van der Waals surface area contributed by atoms with Gasteiger partial charge >= 0.3 is 0 Å². The number of benzene rings is 1. The quantitative estimate of drug-likeness (QED) is 0.434. The van der Waals surface area contributed by atoms with Crippen molar-refractivity contribution in [2.45, 2.75) is 26.3 Å². The maximum absolute atomic E-state index is 12.7. The number of likely N-dealkylation sites (tertiary alicyclic amines) is 1. The lowest BCUT2D eigenvalue weighted by Gasteiger charge is -2.22. The average Bonchev–Trinajstić information content (AvgIpc) is 3.17. The monoisotopic (exact) mass is 433 g/mol. The number of hydrogen-bond donors (Lipinski definition) is 1. The molecule has 1 aromatic heterocycles. The number of hydrogen-bond acceptors (Lipinski definition) is 5. The van der Waals surface area contributed by atoms with Crippen LogP contribution in [0.2, 0.25) is 0 Å². The molecule has 0 aliphatic carbocycles. The summed E-state index contributed by atoms with van der Waals surface area (Å²) in [7, 11) is 1.54. The van der Waals surface area contributed by atoms with Crippen molar-refractivity contribution in [1.29, 1.82) is 0 Å². The number of ketones is 1. The Balaban J connectivity index is 2.17. The summed E-state index contributed by atoms with van der Waals surface area (Å²) < 4.78 is 11.5. The van der Waals surface area contributed by atoms with Gasteiger partial charge in [-0.1, -0.05) is 6.92 Å². The van der Waals surface area contributed by atoms with Gasteiger partial charge in [-0.15, -0.1) is 0 Å². The van der Waals surface area contributed by atoms with Crippen LogP contribution in [-0.2, 0) is 9.59 Å². The van der Waals surface area contributed by atoms with Gasteiger partial charge in [-0.05, 0) is 59.6 Å². The Kier molecular flexibility index (Phi) is 5.41. The second-order valence-corrected chi connectivity index (χ2v) is 7.14. The van der Waals surface area contributed by atoms with Crippen LogP contribution in [0.25, 0.3) is 5.76 Å². The molecule has 3 rings (SSSR count). The minimum atomic E-state index is -0.750. The molecule has 6 nitrogen and oxygen atoms in total. The van der Waals surface area contributed by atoms with Crippen LogP contribution in [0.5, 0.6) is 5.75 Å². The number of nitrogens with zero attached hydrogens (tertiary/aromatic N) is 1. The number of aryl methyl sites for hydroxylation is 1. The Morgan fingerprint density at radius 2 is 2.04 bits per heavy atom. The van der Waals surface area contributed by atoms with Gasteiger partial charge in [-0.25, -0.2) is 0 Å². The van der Waals surface area contributed by atoms with Gasteiger partial charge < -0.3 is 19.2 Å². The highest BCUT2D eigenvalue weighted by Gasteiger charge is 2.47. The highest BCUT2D eigenvalue weighted by atomic mass is 79.9. The van der Waals surface area contributed by atoms with E-state index in [1.165, 1.54) is 12.0 Å². The fourth-order valence-corrected chi connectivity index (χ4v) is 3.76. The van der Waals surface area contributed by atoms with Crippen molar-refractivity contribution in [1.82, 2.24) is 4.90 Å². The predicted octanol–water partition coefficient (Wildman–Crippen LogP) is 4.19. The maximum Gasteiger partial charge on any atom is 0.295 e. The maximum atomic E-state index is 12.7. The van der Waals surface area contributed by atoms with Crippen molar-refractivity contribution < 1.29 is 23.8 Å². The number of carbonyl (C=O) groups is 2. The van der Waals surface area contributed by atoms with Crippen molar-refractivity contribution in [3.8, 4) is 5.75 Å². The molecule has 1 fully saturated rings. The lowest BCUT2D eigenvalue weighted by Crippen LogP contribution is -2.30. The highest BCUT2D eigenvalue weighted by molar-refractivity contribution is 9.10. The molecule has 142 valence electrons. The second-order valence-electron chi connectivity index (χ2n) is 6.29.